The summed E-state index contributed by atoms with van der Waals surface area (Å²) < 4.78 is 23.7. The molecule has 146 valence electrons. The zero-order chi connectivity index (χ0) is 20.7. The lowest BCUT2D eigenvalue weighted by molar-refractivity contribution is 0.413. The van der Waals surface area contributed by atoms with E-state index in [1.807, 2.05) is 25.1 Å². The molecule has 0 aliphatic carbocycles. The first kappa shape index (κ1) is 21.2. The van der Waals surface area contributed by atoms with E-state index in [-0.39, 0.29) is 17.3 Å². The van der Waals surface area contributed by atoms with E-state index in [0.717, 1.165) is 28.3 Å². The van der Waals surface area contributed by atoms with Gasteiger partial charge in [0, 0.05) is 17.4 Å². The van der Waals surface area contributed by atoms with Gasteiger partial charge in [0.05, 0.1) is 18.3 Å². The second-order valence-corrected chi connectivity index (χ2v) is 6.56. The minimum absolute atomic E-state index is 0.0509. The molecule has 0 unspecified atom stereocenters. The number of methoxy groups -OCH3 is 1. The molecule has 0 amide bonds. The summed E-state index contributed by atoms with van der Waals surface area (Å²) in [7, 11) is 1.40. The van der Waals surface area contributed by atoms with Crippen molar-refractivity contribution in [3.8, 4) is 0 Å². The molecule has 28 heavy (non-hydrogen) atoms. The Balaban J connectivity index is 0.000000345. The molecule has 4 N–H and O–H groups in total. The molecule has 3 aromatic rings. The molecule has 1 heterocycles. The van der Waals surface area contributed by atoms with Crippen LogP contribution in [0.1, 0.15) is 16.7 Å². The van der Waals surface area contributed by atoms with Crippen molar-refractivity contribution in [3.05, 3.63) is 75.4 Å². The van der Waals surface area contributed by atoms with Gasteiger partial charge in [-0.05, 0) is 41.9 Å². The Labute approximate surface area is 165 Å². The Bertz CT molecular complexity index is 1070. The number of aryl methyl sites for hydroxylation is 1. The quantitative estimate of drug-likeness (QED) is 0.262. The molecule has 6 nitrogen and oxygen atoms in total. The van der Waals surface area contributed by atoms with Crippen LogP contribution in [0.2, 0.25) is 0 Å². The predicted octanol–water partition coefficient (Wildman–Crippen LogP) is 4.32. The Morgan fingerprint density at radius 3 is 2.64 bits per heavy atom. The van der Waals surface area contributed by atoms with Crippen molar-refractivity contribution in [2.24, 2.45) is 0 Å². The van der Waals surface area contributed by atoms with Crippen molar-refractivity contribution in [3.63, 3.8) is 0 Å². The monoisotopic (exact) mass is 401 g/mol. The van der Waals surface area contributed by atoms with Crippen LogP contribution < -0.4 is 11.4 Å². The highest BCUT2D eigenvalue weighted by Crippen LogP contribution is 2.23. The summed E-state index contributed by atoms with van der Waals surface area (Å²) in [5.74, 6) is -0.482. The second kappa shape index (κ2) is 9.70. The summed E-state index contributed by atoms with van der Waals surface area (Å²) in [5, 5.41) is 14.1. The Hall–Kier alpha value is -3.13. The number of fused-ring (bicyclic) bond motifs is 1. The zero-order valence-corrected chi connectivity index (χ0v) is 16.2. The summed E-state index contributed by atoms with van der Waals surface area (Å²) in [4.78, 5) is 12.1. The summed E-state index contributed by atoms with van der Waals surface area (Å²) in [6.07, 6.45) is 0.163. The smallest absolute Gasteiger partial charge is 0.340 e. The van der Waals surface area contributed by atoms with Gasteiger partial charge in [0.15, 0.2) is 0 Å². The van der Waals surface area contributed by atoms with Crippen molar-refractivity contribution >= 4 is 39.2 Å². The van der Waals surface area contributed by atoms with Crippen LogP contribution in [0.4, 0.5) is 10.1 Å². The maximum absolute atomic E-state index is 14.0. The third-order valence-corrected chi connectivity index (χ3v) is 4.52. The number of ether oxygens (including phenoxy) is 1. The Kier molecular flexibility index (Phi) is 7.34. The number of para-hydroxylation sites is 1. The van der Waals surface area contributed by atoms with Gasteiger partial charge >= 0.3 is 5.63 Å². The highest BCUT2D eigenvalue weighted by molar-refractivity contribution is 8.24. The lowest BCUT2D eigenvalue weighted by Gasteiger charge is -2.09. The second-order valence-electron chi connectivity index (χ2n) is 5.71. The van der Waals surface area contributed by atoms with Gasteiger partial charge in [0.1, 0.15) is 11.4 Å². The van der Waals surface area contributed by atoms with Crippen LogP contribution in [0, 0.1) is 23.6 Å². The highest BCUT2D eigenvalue weighted by Gasteiger charge is 2.14. The van der Waals surface area contributed by atoms with E-state index in [2.05, 4.69) is 4.74 Å². The predicted molar refractivity (Wildman–Crippen MR) is 112 cm³/mol. The molecule has 0 aliphatic rings. The molecule has 0 bridgehead atoms. The summed E-state index contributed by atoms with van der Waals surface area (Å²) in [6.45, 7) is 1.85. The van der Waals surface area contributed by atoms with Crippen molar-refractivity contribution in [2.45, 2.75) is 13.3 Å². The lowest BCUT2D eigenvalue weighted by Crippen LogP contribution is -2.12. The molecule has 0 saturated heterocycles. The Morgan fingerprint density at radius 2 is 2.00 bits per heavy atom. The van der Waals surface area contributed by atoms with E-state index in [1.54, 1.807) is 18.2 Å². The molecule has 1 aromatic heterocycles. The normalized spacial score (nSPS) is 10.1. The summed E-state index contributed by atoms with van der Waals surface area (Å²) in [5.41, 5.74) is 8.45. The number of halogens is 1. The molecule has 0 saturated carbocycles. The van der Waals surface area contributed by atoms with Crippen LogP contribution in [0.3, 0.4) is 0 Å². The fourth-order valence-electron chi connectivity index (χ4n) is 2.58. The number of nitrogen functional groups attached to an aromatic ring is 1. The van der Waals surface area contributed by atoms with Crippen LogP contribution in [0.15, 0.2) is 51.7 Å². The van der Waals surface area contributed by atoms with Crippen molar-refractivity contribution < 1.29 is 13.5 Å². The SMILES string of the molecule is COC(=N)SC=N.Cc1c(Cc2cccc(N)c2F)c(=O)oc2ccccc12. The largest absolute Gasteiger partial charge is 0.476 e. The molecule has 8 heteroatoms. The number of anilines is 1. The molecule has 0 atom stereocenters. The molecule has 3 rings (SSSR count). The van der Waals surface area contributed by atoms with Gasteiger partial charge in [-0.15, -0.1) is 0 Å². The van der Waals surface area contributed by atoms with Crippen LogP contribution in [0.25, 0.3) is 11.0 Å². The number of thioether (sulfide) groups is 1. The van der Waals surface area contributed by atoms with E-state index >= 15 is 0 Å². The summed E-state index contributed by atoms with van der Waals surface area (Å²) >= 11 is 0.934. The van der Waals surface area contributed by atoms with Gasteiger partial charge in [0.25, 0.3) is 0 Å². The van der Waals surface area contributed by atoms with Crippen molar-refractivity contribution in [1.29, 1.82) is 10.8 Å². The maximum Gasteiger partial charge on any atom is 0.340 e. The number of nitrogens with two attached hydrogens (primary N) is 1. The first-order valence-corrected chi connectivity index (χ1v) is 9.09. The van der Waals surface area contributed by atoms with Gasteiger partial charge in [-0.2, -0.15) is 0 Å². The molecule has 2 aromatic carbocycles. The van der Waals surface area contributed by atoms with Crippen LogP contribution in [-0.4, -0.2) is 17.9 Å². The molecule has 0 radical (unpaired) electrons. The van der Waals surface area contributed by atoms with E-state index in [9.17, 15) is 9.18 Å². The van der Waals surface area contributed by atoms with Gasteiger partial charge < -0.3 is 20.3 Å². The third kappa shape index (κ3) is 4.98. The van der Waals surface area contributed by atoms with E-state index in [1.165, 1.54) is 13.2 Å². The molecular weight excluding hydrogens is 381 g/mol. The number of rotatable bonds is 3. The van der Waals surface area contributed by atoms with Crippen LogP contribution in [0.5, 0.6) is 0 Å². The van der Waals surface area contributed by atoms with E-state index in [0.29, 0.717) is 16.7 Å². The van der Waals surface area contributed by atoms with Gasteiger partial charge in [-0.3, -0.25) is 5.41 Å². The van der Waals surface area contributed by atoms with Gasteiger partial charge in [-0.1, -0.05) is 30.3 Å². The van der Waals surface area contributed by atoms with Gasteiger partial charge in [0.2, 0.25) is 5.23 Å². The zero-order valence-electron chi connectivity index (χ0n) is 15.4. The minimum atomic E-state index is -0.482. The fourth-order valence-corrected chi connectivity index (χ4v) is 2.78. The first-order valence-electron chi connectivity index (χ1n) is 8.21. The molecular formula is C20H20FN3O3S. The minimum Gasteiger partial charge on any atom is -0.476 e. The number of benzene rings is 2. The first-order chi connectivity index (χ1) is 13.4. The number of hydrogen-bond acceptors (Lipinski definition) is 7. The third-order valence-electron chi connectivity index (χ3n) is 4.02. The molecule has 0 aliphatic heterocycles. The molecule has 0 spiro atoms. The van der Waals surface area contributed by atoms with E-state index < -0.39 is 11.4 Å². The molecule has 0 fully saturated rings. The van der Waals surface area contributed by atoms with Crippen LogP contribution >= 0.6 is 11.8 Å². The van der Waals surface area contributed by atoms with Gasteiger partial charge in [-0.25, -0.2) is 9.18 Å². The number of nitrogens with one attached hydrogen (secondary N) is 2. The summed E-state index contributed by atoms with van der Waals surface area (Å²) in [6, 6.07) is 12.1. The Morgan fingerprint density at radius 1 is 1.29 bits per heavy atom. The average Bonchev–Trinajstić information content (AvgIpc) is 2.69. The van der Waals surface area contributed by atoms with E-state index in [4.69, 9.17) is 21.0 Å². The highest BCUT2D eigenvalue weighted by atomic mass is 32.2. The lowest BCUT2D eigenvalue weighted by atomic mass is 9.99. The maximum atomic E-state index is 14.0. The average molecular weight is 401 g/mol. The van der Waals surface area contributed by atoms with Crippen molar-refractivity contribution in [1.82, 2.24) is 0 Å². The van der Waals surface area contributed by atoms with Crippen LogP contribution in [-0.2, 0) is 11.2 Å². The standard InChI is InChI=1S/C17H14FNO2.C3H6N2OS/c1-10-12-6-2-3-8-15(12)21-17(20)13(10)9-11-5-4-7-14(19)16(11)18;1-6-3(5)7-2-4/h2-8H,9,19H2,1H3;2,4-5H,1H3. The van der Waals surface area contributed by atoms with Crippen molar-refractivity contribution in [2.75, 3.05) is 12.8 Å². The number of hydrogen-bond donors (Lipinski definition) is 3. The fraction of sp³-hybridized carbons (Fsp3) is 0.150. The topological polar surface area (TPSA) is 113 Å².